The molecular weight excluding hydrogens is 214 g/mol. The lowest BCUT2D eigenvalue weighted by atomic mass is 9.99. The second-order valence-corrected chi connectivity index (χ2v) is 5.41. The Morgan fingerprint density at radius 2 is 1.88 bits per heavy atom. The molecular formula is C13H23N3O. The lowest BCUT2D eigenvalue weighted by Crippen LogP contribution is -2.60. The highest BCUT2D eigenvalue weighted by Crippen LogP contribution is 2.17. The van der Waals surface area contributed by atoms with Crippen molar-refractivity contribution in [3.05, 3.63) is 12.2 Å². The Hall–Kier alpha value is -0.870. The first-order chi connectivity index (χ1) is 8.10. The van der Waals surface area contributed by atoms with Gasteiger partial charge in [0.05, 0.1) is 5.54 Å². The predicted octanol–water partition coefficient (Wildman–Crippen LogP) is 0.505. The van der Waals surface area contributed by atoms with Gasteiger partial charge in [-0.3, -0.25) is 9.69 Å². The highest BCUT2D eigenvalue weighted by Gasteiger charge is 2.35. The Balaban J connectivity index is 1.90. The van der Waals surface area contributed by atoms with Crippen molar-refractivity contribution in [2.24, 2.45) is 0 Å². The van der Waals surface area contributed by atoms with Crippen molar-refractivity contribution in [1.82, 2.24) is 15.5 Å². The van der Waals surface area contributed by atoms with Crippen LogP contribution < -0.4 is 10.6 Å². The normalized spacial score (nSPS) is 22.9. The van der Waals surface area contributed by atoms with E-state index in [9.17, 15) is 4.79 Å². The monoisotopic (exact) mass is 237 g/mol. The summed E-state index contributed by atoms with van der Waals surface area (Å²) in [5.74, 6) is 0.160. The summed E-state index contributed by atoms with van der Waals surface area (Å²) in [6, 6.07) is 0.310. The number of hydrogen-bond donors (Lipinski definition) is 2. The van der Waals surface area contributed by atoms with Gasteiger partial charge < -0.3 is 10.6 Å². The number of piperazine rings is 1. The van der Waals surface area contributed by atoms with Gasteiger partial charge in [0.15, 0.2) is 0 Å². The fraction of sp³-hybridized carbons (Fsp3) is 0.769. The predicted molar refractivity (Wildman–Crippen MR) is 68.8 cm³/mol. The molecule has 2 rings (SSSR count). The second-order valence-electron chi connectivity index (χ2n) is 5.41. The molecule has 0 bridgehead atoms. The van der Waals surface area contributed by atoms with E-state index in [1.54, 1.807) is 0 Å². The lowest BCUT2D eigenvalue weighted by Gasteiger charge is -2.40. The van der Waals surface area contributed by atoms with Gasteiger partial charge in [0.1, 0.15) is 0 Å². The first-order valence-electron chi connectivity index (χ1n) is 6.52. The molecule has 1 amide bonds. The highest BCUT2D eigenvalue weighted by molar-refractivity contribution is 5.85. The molecule has 4 nitrogen and oxygen atoms in total. The summed E-state index contributed by atoms with van der Waals surface area (Å²) in [5.41, 5.74) is -0.398. The molecule has 0 saturated carbocycles. The number of hydrogen-bond acceptors (Lipinski definition) is 3. The first-order valence-corrected chi connectivity index (χ1v) is 6.52. The highest BCUT2D eigenvalue weighted by atomic mass is 16.2. The number of nitrogens with one attached hydrogen (secondary N) is 2. The van der Waals surface area contributed by atoms with E-state index in [1.165, 1.54) is 0 Å². The van der Waals surface area contributed by atoms with Crippen LogP contribution in [0.1, 0.15) is 26.7 Å². The smallest absolute Gasteiger partial charge is 0.240 e. The zero-order chi connectivity index (χ0) is 12.3. The van der Waals surface area contributed by atoms with Gasteiger partial charge in [0.25, 0.3) is 0 Å². The molecule has 1 heterocycles. The maximum absolute atomic E-state index is 12.3. The average Bonchev–Trinajstić information content (AvgIpc) is 2.83. The molecule has 0 radical (unpaired) electrons. The minimum absolute atomic E-state index is 0.160. The number of rotatable bonds is 3. The lowest BCUT2D eigenvalue weighted by molar-refractivity contribution is -0.132. The summed E-state index contributed by atoms with van der Waals surface area (Å²) in [5, 5.41) is 6.47. The molecule has 1 aliphatic carbocycles. The van der Waals surface area contributed by atoms with Crippen LogP contribution >= 0.6 is 0 Å². The maximum Gasteiger partial charge on any atom is 0.240 e. The van der Waals surface area contributed by atoms with E-state index < -0.39 is 5.54 Å². The standard InChI is InChI=1S/C13H23N3O/c1-13(2,16-9-7-14-8-10-16)12(17)15-11-5-3-4-6-11/h3-4,11,14H,5-10H2,1-2H3,(H,15,17). The van der Waals surface area contributed by atoms with E-state index in [0.29, 0.717) is 6.04 Å². The summed E-state index contributed by atoms with van der Waals surface area (Å²) in [6.45, 7) is 7.89. The topological polar surface area (TPSA) is 44.4 Å². The van der Waals surface area contributed by atoms with Crippen LogP contribution in [0, 0.1) is 0 Å². The molecule has 0 unspecified atom stereocenters. The minimum Gasteiger partial charge on any atom is -0.351 e. The third-order valence-corrected chi connectivity index (χ3v) is 3.81. The molecule has 0 aromatic carbocycles. The summed E-state index contributed by atoms with van der Waals surface area (Å²) in [6.07, 6.45) is 6.23. The van der Waals surface area contributed by atoms with Crippen LogP contribution in [0.3, 0.4) is 0 Å². The molecule has 4 heteroatoms. The molecule has 0 aromatic rings. The van der Waals surface area contributed by atoms with E-state index >= 15 is 0 Å². The van der Waals surface area contributed by atoms with Crippen LogP contribution in [0.4, 0.5) is 0 Å². The molecule has 1 fully saturated rings. The van der Waals surface area contributed by atoms with Gasteiger partial charge in [-0.15, -0.1) is 0 Å². The Labute approximate surface area is 103 Å². The molecule has 0 spiro atoms. The van der Waals surface area contributed by atoms with Crippen LogP contribution in [0.5, 0.6) is 0 Å². The summed E-state index contributed by atoms with van der Waals surface area (Å²) >= 11 is 0. The Morgan fingerprint density at radius 3 is 2.47 bits per heavy atom. The Morgan fingerprint density at radius 1 is 1.29 bits per heavy atom. The van der Waals surface area contributed by atoms with Crippen molar-refractivity contribution in [2.45, 2.75) is 38.3 Å². The average molecular weight is 237 g/mol. The minimum atomic E-state index is -0.398. The molecule has 1 aliphatic heterocycles. The molecule has 0 aromatic heterocycles. The van der Waals surface area contributed by atoms with Crippen molar-refractivity contribution in [2.75, 3.05) is 26.2 Å². The van der Waals surface area contributed by atoms with Crippen LogP contribution in [0.25, 0.3) is 0 Å². The summed E-state index contributed by atoms with van der Waals surface area (Å²) in [4.78, 5) is 14.6. The van der Waals surface area contributed by atoms with E-state index in [2.05, 4.69) is 27.7 Å². The first kappa shape index (κ1) is 12.6. The molecule has 17 heavy (non-hydrogen) atoms. The van der Waals surface area contributed by atoms with Crippen molar-refractivity contribution in [1.29, 1.82) is 0 Å². The molecule has 1 saturated heterocycles. The van der Waals surface area contributed by atoms with Gasteiger partial charge in [-0.25, -0.2) is 0 Å². The molecule has 2 aliphatic rings. The van der Waals surface area contributed by atoms with Gasteiger partial charge in [0.2, 0.25) is 5.91 Å². The zero-order valence-corrected chi connectivity index (χ0v) is 10.8. The number of nitrogens with zero attached hydrogens (tertiary/aromatic N) is 1. The van der Waals surface area contributed by atoms with Crippen LogP contribution in [-0.4, -0.2) is 48.6 Å². The quantitative estimate of drug-likeness (QED) is 0.703. The Kier molecular flexibility index (Phi) is 3.84. The number of amides is 1. The maximum atomic E-state index is 12.3. The Bertz CT molecular complexity index is 298. The zero-order valence-electron chi connectivity index (χ0n) is 10.8. The molecule has 2 N–H and O–H groups in total. The van der Waals surface area contributed by atoms with Crippen LogP contribution in [-0.2, 0) is 4.79 Å². The van der Waals surface area contributed by atoms with Gasteiger partial charge >= 0.3 is 0 Å². The van der Waals surface area contributed by atoms with Crippen molar-refractivity contribution in [3.63, 3.8) is 0 Å². The van der Waals surface area contributed by atoms with Crippen LogP contribution in [0.15, 0.2) is 12.2 Å². The molecule has 96 valence electrons. The van der Waals surface area contributed by atoms with Gasteiger partial charge in [-0.1, -0.05) is 12.2 Å². The van der Waals surface area contributed by atoms with E-state index in [1.807, 2.05) is 13.8 Å². The largest absolute Gasteiger partial charge is 0.351 e. The fourth-order valence-electron chi connectivity index (χ4n) is 2.46. The van der Waals surface area contributed by atoms with Crippen molar-refractivity contribution < 1.29 is 4.79 Å². The van der Waals surface area contributed by atoms with Gasteiger partial charge in [0, 0.05) is 32.2 Å². The fourth-order valence-corrected chi connectivity index (χ4v) is 2.46. The van der Waals surface area contributed by atoms with E-state index in [0.717, 1.165) is 39.0 Å². The van der Waals surface area contributed by atoms with Crippen LogP contribution in [0.2, 0.25) is 0 Å². The number of carbonyl (C=O) groups is 1. The van der Waals surface area contributed by atoms with Gasteiger partial charge in [-0.05, 0) is 26.7 Å². The number of carbonyl (C=O) groups excluding carboxylic acids is 1. The van der Waals surface area contributed by atoms with E-state index in [4.69, 9.17) is 0 Å². The summed E-state index contributed by atoms with van der Waals surface area (Å²) in [7, 11) is 0. The third-order valence-electron chi connectivity index (χ3n) is 3.81. The van der Waals surface area contributed by atoms with Crippen molar-refractivity contribution >= 4 is 5.91 Å². The SMILES string of the molecule is CC(C)(C(=O)NC1CC=CC1)N1CCNCC1. The molecule has 0 atom stereocenters. The second kappa shape index (κ2) is 5.19. The van der Waals surface area contributed by atoms with E-state index in [-0.39, 0.29) is 5.91 Å². The van der Waals surface area contributed by atoms with Gasteiger partial charge in [-0.2, -0.15) is 0 Å². The summed E-state index contributed by atoms with van der Waals surface area (Å²) < 4.78 is 0. The third kappa shape index (κ3) is 2.87. The van der Waals surface area contributed by atoms with Crippen molar-refractivity contribution in [3.8, 4) is 0 Å².